The van der Waals surface area contributed by atoms with Gasteiger partial charge in [0.15, 0.2) is 0 Å². The molecule has 1 saturated heterocycles. The largest absolute Gasteiger partial charge is 0.384 e. The zero-order valence-electron chi connectivity index (χ0n) is 12.9. The molecule has 0 amide bonds. The van der Waals surface area contributed by atoms with E-state index in [4.69, 9.17) is 0 Å². The molecule has 1 heterocycles. The Balaban J connectivity index is 2.37. The minimum atomic E-state index is -0.744. The monoisotopic (exact) mass is 261 g/mol. The van der Waals surface area contributed by atoms with Gasteiger partial charge < -0.3 is 10.0 Å². The minimum absolute atomic E-state index is 0.147. The smallest absolute Gasteiger partial charge is 0.105 e. The van der Waals surface area contributed by atoms with Gasteiger partial charge in [-0.3, -0.25) is 0 Å². The quantitative estimate of drug-likeness (QED) is 0.839. The van der Waals surface area contributed by atoms with Crippen LogP contribution < -0.4 is 0 Å². The zero-order valence-corrected chi connectivity index (χ0v) is 12.9. The summed E-state index contributed by atoms with van der Waals surface area (Å²) in [6.45, 7) is 10.00. The van der Waals surface area contributed by atoms with Crippen LogP contribution in [0.5, 0.6) is 0 Å². The number of rotatable bonds is 1. The number of likely N-dealkylation sites (N-methyl/N-ethyl adjacent to an activating group) is 1. The Morgan fingerprint density at radius 1 is 1.21 bits per heavy atom. The minimum Gasteiger partial charge on any atom is -0.384 e. The molecular formula is C17H27NO. The Bertz CT molecular complexity index is 423. The molecule has 2 nitrogen and oxygen atoms in total. The van der Waals surface area contributed by atoms with Crippen molar-refractivity contribution < 1.29 is 5.11 Å². The van der Waals surface area contributed by atoms with Crippen LogP contribution in [0.25, 0.3) is 0 Å². The highest BCUT2D eigenvalue weighted by atomic mass is 16.3. The molecule has 0 aliphatic carbocycles. The Hall–Kier alpha value is -0.860. The lowest BCUT2D eigenvalue weighted by molar-refractivity contribution is -0.109. The van der Waals surface area contributed by atoms with Crippen LogP contribution in [0, 0.1) is 11.3 Å². The summed E-state index contributed by atoms with van der Waals surface area (Å²) in [5, 5.41) is 11.3. The van der Waals surface area contributed by atoms with Gasteiger partial charge in [0.25, 0.3) is 0 Å². The second-order valence-electron chi connectivity index (χ2n) is 7.17. The van der Waals surface area contributed by atoms with Gasteiger partial charge in [-0.15, -0.1) is 0 Å². The van der Waals surface area contributed by atoms with E-state index in [2.05, 4.69) is 51.8 Å². The average Bonchev–Trinajstić information content (AvgIpc) is 2.35. The fraction of sp³-hybridized carbons (Fsp3) is 0.647. The lowest BCUT2D eigenvalue weighted by Crippen LogP contribution is -2.56. The summed E-state index contributed by atoms with van der Waals surface area (Å²) in [5.74, 6) is 0.499. The Labute approximate surface area is 117 Å². The molecule has 0 saturated carbocycles. The van der Waals surface area contributed by atoms with Gasteiger partial charge in [0.05, 0.1) is 0 Å². The van der Waals surface area contributed by atoms with Crippen LogP contribution in [-0.4, -0.2) is 29.6 Å². The van der Waals surface area contributed by atoms with Crippen LogP contribution in [-0.2, 0) is 5.60 Å². The van der Waals surface area contributed by atoms with Gasteiger partial charge in [0.2, 0.25) is 0 Å². The first-order valence-electron chi connectivity index (χ1n) is 7.23. The summed E-state index contributed by atoms with van der Waals surface area (Å²) >= 11 is 0. The number of likely N-dealkylation sites (tertiary alicyclic amines) is 1. The van der Waals surface area contributed by atoms with Crippen molar-refractivity contribution in [1.82, 2.24) is 4.90 Å². The fourth-order valence-electron chi connectivity index (χ4n) is 3.15. The average molecular weight is 261 g/mol. The molecule has 106 valence electrons. The second kappa shape index (κ2) is 4.92. The Morgan fingerprint density at radius 3 is 2.32 bits per heavy atom. The van der Waals surface area contributed by atoms with E-state index < -0.39 is 5.60 Å². The summed E-state index contributed by atoms with van der Waals surface area (Å²) < 4.78 is 0. The number of benzene rings is 1. The van der Waals surface area contributed by atoms with Gasteiger partial charge >= 0.3 is 0 Å². The second-order valence-corrected chi connectivity index (χ2v) is 7.17. The van der Waals surface area contributed by atoms with Crippen molar-refractivity contribution in [2.75, 3.05) is 13.6 Å². The molecule has 0 unspecified atom stereocenters. The molecule has 1 aromatic carbocycles. The predicted molar refractivity (Wildman–Crippen MR) is 80.0 cm³/mol. The van der Waals surface area contributed by atoms with Crippen LogP contribution >= 0.6 is 0 Å². The van der Waals surface area contributed by atoms with E-state index in [0.717, 1.165) is 18.5 Å². The number of aliphatic hydroxyl groups is 1. The number of piperidine rings is 1. The Morgan fingerprint density at radius 2 is 1.79 bits per heavy atom. The maximum Gasteiger partial charge on any atom is 0.105 e. The topological polar surface area (TPSA) is 23.5 Å². The molecule has 0 bridgehead atoms. The third kappa shape index (κ3) is 2.70. The summed E-state index contributed by atoms with van der Waals surface area (Å²) in [5.41, 5.74) is 0.520. The molecule has 1 aliphatic rings. The molecule has 0 aromatic heterocycles. The number of hydrogen-bond donors (Lipinski definition) is 1. The van der Waals surface area contributed by atoms with Crippen LogP contribution in [0.1, 0.15) is 39.7 Å². The zero-order chi connectivity index (χ0) is 14.3. The van der Waals surface area contributed by atoms with Crippen molar-refractivity contribution in [1.29, 1.82) is 0 Å². The molecule has 19 heavy (non-hydrogen) atoms. The van der Waals surface area contributed by atoms with E-state index in [1.165, 1.54) is 0 Å². The lowest BCUT2D eigenvalue weighted by atomic mass is 9.67. The van der Waals surface area contributed by atoms with Gasteiger partial charge in [-0.25, -0.2) is 0 Å². The van der Waals surface area contributed by atoms with Gasteiger partial charge in [-0.05, 0) is 37.3 Å². The van der Waals surface area contributed by atoms with Crippen molar-refractivity contribution in [2.45, 2.75) is 45.8 Å². The highest BCUT2D eigenvalue weighted by Crippen LogP contribution is 2.44. The molecule has 1 aliphatic heterocycles. The summed E-state index contributed by atoms with van der Waals surface area (Å²) in [6.07, 6.45) is 0.839. The van der Waals surface area contributed by atoms with Crippen molar-refractivity contribution in [3.05, 3.63) is 35.9 Å². The van der Waals surface area contributed by atoms with Crippen molar-refractivity contribution in [2.24, 2.45) is 11.3 Å². The summed E-state index contributed by atoms with van der Waals surface area (Å²) in [7, 11) is 2.12. The molecule has 3 atom stereocenters. The fourth-order valence-corrected chi connectivity index (χ4v) is 3.15. The first kappa shape index (κ1) is 14.5. The van der Waals surface area contributed by atoms with Gasteiger partial charge in [0.1, 0.15) is 5.60 Å². The standard InChI is InChI=1S/C17H27NO/c1-13-17(19,14-9-7-6-8-10-14)11-15(12-18(13)5)16(2,3)4/h6-10,13,15,19H,11-12H2,1-5H3/t13-,15-,17-/m0/s1. The first-order chi connectivity index (χ1) is 8.75. The lowest BCUT2D eigenvalue weighted by Gasteiger charge is -2.51. The van der Waals surface area contributed by atoms with Crippen LogP contribution in [0.4, 0.5) is 0 Å². The third-order valence-electron chi connectivity index (χ3n) is 4.92. The van der Waals surface area contributed by atoms with Crippen LogP contribution in [0.3, 0.4) is 0 Å². The van der Waals surface area contributed by atoms with E-state index in [9.17, 15) is 5.11 Å². The van der Waals surface area contributed by atoms with Crippen LogP contribution in [0.15, 0.2) is 30.3 Å². The highest BCUT2D eigenvalue weighted by Gasteiger charge is 2.46. The van der Waals surface area contributed by atoms with E-state index >= 15 is 0 Å². The number of hydrogen-bond acceptors (Lipinski definition) is 2. The Kier molecular flexibility index (Phi) is 3.76. The first-order valence-corrected chi connectivity index (χ1v) is 7.23. The molecular weight excluding hydrogens is 234 g/mol. The maximum absolute atomic E-state index is 11.3. The van der Waals surface area contributed by atoms with Crippen molar-refractivity contribution >= 4 is 0 Å². The van der Waals surface area contributed by atoms with Gasteiger partial charge in [0, 0.05) is 12.6 Å². The molecule has 2 rings (SSSR count). The van der Waals surface area contributed by atoms with E-state index in [1.54, 1.807) is 0 Å². The van der Waals surface area contributed by atoms with Crippen LogP contribution in [0.2, 0.25) is 0 Å². The molecule has 1 N–H and O–H groups in total. The predicted octanol–water partition coefficient (Wildman–Crippen LogP) is 3.26. The van der Waals surface area contributed by atoms with E-state index in [0.29, 0.717) is 5.92 Å². The third-order valence-corrected chi connectivity index (χ3v) is 4.92. The maximum atomic E-state index is 11.3. The van der Waals surface area contributed by atoms with Crippen molar-refractivity contribution in [3.63, 3.8) is 0 Å². The van der Waals surface area contributed by atoms with E-state index in [1.807, 2.05) is 18.2 Å². The van der Waals surface area contributed by atoms with Gasteiger partial charge in [-0.1, -0.05) is 51.1 Å². The normalized spacial score (nSPS) is 33.4. The highest BCUT2D eigenvalue weighted by molar-refractivity contribution is 5.25. The molecule has 1 fully saturated rings. The van der Waals surface area contributed by atoms with Crippen molar-refractivity contribution in [3.8, 4) is 0 Å². The molecule has 2 heteroatoms. The SMILES string of the molecule is C[C@@H]1N(C)C[C@@H](C(C)(C)C)C[C@@]1(O)c1ccccc1. The number of nitrogens with zero attached hydrogens (tertiary/aromatic N) is 1. The molecule has 0 spiro atoms. The van der Waals surface area contributed by atoms with E-state index in [-0.39, 0.29) is 11.5 Å². The van der Waals surface area contributed by atoms with Gasteiger partial charge in [-0.2, -0.15) is 0 Å². The molecule has 0 radical (unpaired) electrons. The summed E-state index contributed by atoms with van der Waals surface area (Å²) in [4.78, 5) is 2.30. The summed E-state index contributed by atoms with van der Waals surface area (Å²) in [6, 6.07) is 10.3. The molecule has 1 aromatic rings.